The molecule has 0 radical (unpaired) electrons. The summed E-state index contributed by atoms with van der Waals surface area (Å²) in [6.07, 6.45) is 2.66. The summed E-state index contributed by atoms with van der Waals surface area (Å²) in [7, 11) is 0. The predicted octanol–water partition coefficient (Wildman–Crippen LogP) is 1.81. The van der Waals surface area contributed by atoms with Gasteiger partial charge in [-0.15, -0.1) is 0 Å². The number of carbonyl (C=O) groups is 1. The standard InChI is InChI=1S/C17H24N2O2/c1-17(7-9-18-10-8-17)12-19-16(20)15-14-5-3-2-4-13(14)6-11-21-15/h2-5,15,18H,6-12H2,1H3,(H,19,20)/t15-/m1/s1. The number of piperidine rings is 1. The van der Waals surface area contributed by atoms with E-state index in [0.29, 0.717) is 6.61 Å². The monoisotopic (exact) mass is 288 g/mol. The molecule has 1 aromatic carbocycles. The molecule has 0 aromatic heterocycles. The average Bonchev–Trinajstić information content (AvgIpc) is 2.53. The molecule has 0 bridgehead atoms. The van der Waals surface area contributed by atoms with Crippen molar-refractivity contribution in [1.29, 1.82) is 0 Å². The van der Waals surface area contributed by atoms with Crippen LogP contribution in [0.15, 0.2) is 24.3 Å². The lowest BCUT2D eigenvalue weighted by atomic mass is 9.81. The molecular formula is C17H24N2O2. The molecule has 1 aromatic rings. The Morgan fingerprint density at radius 2 is 2.14 bits per heavy atom. The normalized spacial score (nSPS) is 24.1. The fourth-order valence-corrected chi connectivity index (χ4v) is 3.21. The Labute approximate surface area is 126 Å². The third kappa shape index (κ3) is 3.27. The first-order valence-electron chi connectivity index (χ1n) is 7.86. The van der Waals surface area contributed by atoms with Gasteiger partial charge in [0.25, 0.3) is 5.91 Å². The zero-order valence-electron chi connectivity index (χ0n) is 12.7. The minimum atomic E-state index is -0.444. The largest absolute Gasteiger partial charge is 0.363 e. The lowest BCUT2D eigenvalue weighted by Gasteiger charge is -2.35. The topological polar surface area (TPSA) is 50.4 Å². The van der Waals surface area contributed by atoms with Gasteiger partial charge in [-0.05, 0) is 48.9 Å². The van der Waals surface area contributed by atoms with E-state index in [0.717, 1.165) is 44.5 Å². The lowest BCUT2D eigenvalue weighted by molar-refractivity contribution is -0.134. The molecule has 2 aliphatic rings. The van der Waals surface area contributed by atoms with Gasteiger partial charge in [-0.1, -0.05) is 31.2 Å². The molecule has 1 amide bonds. The van der Waals surface area contributed by atoms with Crippen LogP contribution in [0.3, 0.4) is 0 Å². The first-order valence-corrected chi connectivity index (χ1v) is 7.86. The average molecular weight is 288 g/mol. The predicted molar refractivity (Wildman–Crippen MR) is 82.1 cm³/mol. The Morgan fingerprint density at radius 1 is 1.38 bits per heavy atom. The maximum atomic E-state index is 12.5. The summed E-state index contributed by atoms with van der Waals surface area (Å²) in [6.45, 7) is 5.68. The number of hydrogen-bond acceptors (Lipinski definition) is 3. The molecule has 2 N–H and O–H groups in total. The third-order valence-corrected chi connectivity index (χ3v) is 4.73. The zero-order valence-corrected chi connectivity index (χ0v) is 12.7. The van der Waals surface area contributed by atoms with Crippen molar-refractivity contribution >= 4 is 5.91 Å². The highest BCUT2D eigenvalue weighted by atomic mass is 16.5. The van der Waals surface area contributed by atoms with Crippen LogP contribution >= 0.6 is 0 Å². The van der Waals surface area contributed by atoms with Crippen molar-refractivity contribution in [3.8, 4) is 0 Å². The highest BCUT2D eigenvalue weighted by Gasteiger charge is 2.31. The van der Waals surface area contributed by atoms with Crippen LogP contribution < -0.4 is 10.6 Å². The Morgan fingerprint density at radius 3 is 2.95 bits per heavy atom. The van der Waals surface area contributed by atoms with Gasteiger partial charge in [0.15, 0.2) is 6.10 Å². The number of fused-ring (bicyclic) bond motifs is 1. The molecule has 1 atom stereocenters. The Hall–Kier alpha value is -1.39. The molecule has 0 spiro atoms. The summed E-state index contributed by atoms with van der Waals surface area (Å²) in [5.41, 5.74) is 2.46. The first kappa shape index (κ1) is 14.5. The van der Waals surface area contributed by atoms with Gasteiger partial charge in [-0.25, -0.2) is 0 Å². The second-order valence-corrected chi connectivity index (χ2v) is 6.48. The fraction of sp³-hybridized carbons (Fsp3) is 0.588. The van der Waals surface area contributed by atoms with Crippen LogP contribution in [0.1, 0.15) is 37.0 Å². The molecule has 3 rings (SSSR count). The van der Waals surface area contributed by atoms with Gasteiger partial charge >= 0.3 is 0 Å². The molecule has 21 heavy (non-hydrogen) atoms. The van der Waals surface area contributed by atoms with Crippen LogP contribution in [0.5, 0.6) is 0 Å². The Kier molecular flexibility index (Phi) is 4.27. The second-order valence-electron chi connectivity index (χ2n) is 6.48. The molecule has 0 unspecified atom stereocenters. The van der Waals surface area contributed by atoms with Crippen molar-refractivity contribution in [2.24, 2.45) is 5.41 Å². The van der Waals surface area contributed by atoms with E-state index in [1.807, 2.05) is 18.2 Å². The number of hydrogen-bond donors (Lipinski definition) is 2. The van der Waals surface area contributed by atoms with Gasteiger partial charge in [0.05, 0.1) is 6.61 Å². The third-order valence-electron chi connectivity index (χ3n) is 4.73. The molecule has 1 saturated heterocycles. The summed E-state index contributed by atoms with van der Waals surface area (Å²) >= 11 is 0. The Bertz CT molecular complexity index is 509. The zero-order chi connectivity index (χ0) is 14.7. The van der Waals surface area contributed by atoms with Crippen LogP contribution in [-0.4, -0.2) is 32.1 Å². The van der Waals surface area contributed by atoms with E-state index in [-0.39, 0.29) is 11.3 Å². The smallest absolute Gasteiger partial charge is 0.253 e. The molecule has 0 saturated carbocycles. The first-order chi connectivity index (χ1) is 10.2. The fourth-order valence-electron chi connectivity index (χ4n) is 3.21. The highest BCUT2D eigenvalue weighted by Crippen LogP contribution is 2.29. The number of benzene rings is 1. The van der Waals surface area contributed by atoms with Gasteiger partial charge in [0, 0.05) is 6.54 Å². The lowest BCUT2D eigenvalue weighted by Crippen LogP contribution is -2.44. The van der Waals surface area contributed by atoms with Gasteiger partial charge in [-0.2, -0.15) is 0 Å². The maximum absolute atomic E-state index is 12.5. The molecule has 2 aliphatic heterocycles. The van der Waals surface area contributed by atoms with Crippen molar-refractivity contribution < 1.29 is 9.53 Å². The molecule has 4 heteroatoms. The molecule has 2 heterocycles. The summed E-state index contributed by atoms with van der Waals surface area (Å²) in [6, 6.07) is 8.09. The van der Waals surface area contributed by atoms with Gasteiger partial charge in [0.1, 0.15) is 0 Å². The van der Waals surface area contributed by atoms with Crippen molar-refractivity contribution in [2.75, 3.05) is 26.2 Å². The number of nitrogens with one attached hydrogen (secondary N) is 2. The van der Waals surface area contributed by atoms with Gasteiger partial charge < -0.3 is 15.4 Å². The van der Waals surface area contributed by atoms with Crippen molar-refractivity contribution in [3.05, 3.63) is 35.4 Å². The van der Waals surface area contributed by atoms with E-state index in [1.54, 1.807) is 0 Å². The van der Waals surface area contributed by atoms with Gasteiger partial charge in [-0.3, -0.25) is 4.79 Å². The van der Waals surface area contributed by atoms with Crippen LogP contribution in [0.2, 0.25) is 0 Å². The van der Waals surface area contributed by atoms with Crippen molar-refractivity contribution in [3.63, 3.8) is 0 Å². The minimum Gasteiger partial charge on any atom is -0.363 e. The van der Waals surface area contributed by atoms with Gasteiger partial charge in [0.2, 0.25) is 0 Å². The summed E-state index contributed by atoms with van der Waals surface area (Å²) in [4.78, 5) is 12.5. The van der Waals surface area contributed by atoms with E-state index in [9.17, 15) is 4.79 Å². The molecule has 4 nitrogen and oxygen atoms in total. The van der Waals surface area contributed by atoms with Crippen LogP contribution in [0.4, 0.5) is 0 Å². The maximum Gasteiger partial charge on any atom is 0.253 e. The van der Waals surface area contributed by atoms with E-state index < -0.39 is 6.10 Å². The number of carbonyl (C=O) groups excluding carboxylic acids is 1. The van der Waals surface area contributed by atoms with E-state index in [4.69, 9.17) is 4.74 Å². The van der Waals surface area contributed by atoms with Crippen LogP contribution in [0.25, 0.3) is 0 Å². The SMILES string of the molecule is CC1(CNC(=O)[C@@H]2OCCc3ccccc32)CCNCC1. The van der Waals surface area contributed by atoms with E-state index in [1.165, 1.54) is 5.56 Å². The van der Waals surface area contributed by atoms with Crippen LogP contribution in [0, 0.1) is 5.41 Å². The molecule has 114 valence electrons. The summed E-state index contributed by atoms with van der Waals surface area (Å²) < 4.78 is 5.71. The molecule has 1 fully saturated rings. The summed E-state index contributed by atoms with van der Waals surface area (Å²) in [5.74, 6) is 0.00177. The van der Waals surface area contributed by atoms with E-state index >= 15 is 0 Å². The van der Waals surface area contributed by atoms with Crippen molar-refractivity contribution in [1.82, 2.24) is 10.6 Å². The minimum absolute atomic E-state index is 0.00177. The van der Waals surface area contributed by atoms with Crippen molar-refractivity contribution in [2.45, 2.75) is 32.3 Å². The molecule has 0 aliphatic carbocycles. The number of ether oxygens (including phenoxy) is 1. The Balaban J connectivity index is 1.64. The van der Waals surface area contributed by atoms with E-state index in [2.05, 4.69) is 23.6 Å². The number of amides is 1. The van der Waals surface area contributed by atoms with Crippen LogP contribution in [-0.2, 0) is 16.0 Å². The summed E-state index contributed by atoms with van der Waals surface area (Å²) in [5, 5.41) is 6.48. The second kappa shape index (κ2) is 6.16. The number of rotatable bonds is 3. The quantitative estimate of drug-likeness (QED) is 0.892. The molecular weight excluding hydrogens is 264 g/mol. The highest BCUT2D eigenvalue weighted by molar-refractivity contribution is 5.82.